The number of fused-ring (bicyclic) bond motifs is 1. The van der Waals surface area contributed by atoms with Gasteiger partial charge in [0, 0.05) is 23.4 Å². The lowest BCUT2D eigenvalue weighted by Crippen LogP contribution is -2.18. The topological polar surface area (TPSA) is 102 Å². The number of carbonyl (C=O) groups excluding carboxylic acids is 3. The van der Waals surface area contributed by atoms with E-state index >= 15 is 0 Å². The highest BCUT2D eigenvalue weighted by molar-refractivity contribution is 7.16. The molecular weight excluding hydrogens is 392 g/mol. The van der Waals surface area contributed by atoms with Crippen LogP contribution in [0.4, 0.5) is 10.8 Å². The van der Waals surface area contributed by atoms with Crippen LogP contribution >= 0.6 is 11.3 Å². The number of nitrogens with one attached hydrogen (secondary N) is 2. The predicted molar refractivity (Wildman–Crippen MR) is 112 cm³/mol. The average Bonchev–Trinajstić information content (AvgIpc) is 3.26. The summed E-state index contributed by atoms with van der Waals surface area (Å²) >= 11 is 1.26. The number of anilines is 2. The van der Waals surface area contributed by atoms with Gasteiger partial charge in [0.1, 0.15) is 6.54 Å². The number of esters is 1. The Morgan fingerprint density at radius 3 is 2.62 bits per heavy atom. The third kappa shape index (κ3) is 4.45. The molecule has 8 nitrogen and oxygen atoms in total. The minimum absolute atomic E-state index is 0.0666. The number of nitrogens with zero attached hydrogens (tertiary/aromatic N) is 2. The van der Waals surface area contributed by atoms with Gasteiger partial charge in [0.25, 0.3) is 0 Å². The first-order chi connectivity index (χ1) is 13.8. The number of rotatable bonds is 6. The van der Waals surface area contributed by atoms with Crippen molar-refractivity contribution in [2.75, 3.05) is 17.7 Å². The van der Waals surface area contributed by atoms with E-state index in [1.807, 2.05) is 38.1 Å². The van der Waals surface area contributed by atoms with Gasteiger partial charge < -0.3 is 19.9 Å². The highest BCUT2D eigenvalue weighted by atomic mass is 32.1. The molecule has 2 amide bonds. The second-order valence-corrected chi connectivity index (χ2v) is 7.82. The van der Waals surface area contributed by atoms with E-state index in [1.54, 1.807) is 10.8 Å². The van der Waals surface area contributed by atoms with Crippen LogP contribution in [-0.2, 0) is 20.9 Å². The molecule has 0 aliphatic heterocycles. The summed E-state index contributed by atoms with van der Waals surface area (Å²) in [5.41, 5.74) is 1.75. The van der Waals surface area contributed by atoms with Crippen LogP contribution in [0.5, 0.6) is 0 Å². The number of methoxy groups -OCH3 is 1. The zero-order valence-corrected chi connectivity index (χ0v) is 17.4. The number of hydrogen-bond donors (Lipinski definition) is 2. The Balaban J connectivity index is 1.80. The van der Waals surface area contributed by atoms with Crippen molar-refractivity contribution < 1.29 is 19.1 Å². The van der Waals surface area contributed by atoms with Crippen LogP contribution in [0.25, 0.3) is 10.9 Å². The minimum Gasteiger partial charge on any atom is -0.464 e. The fourth-order valence-electron chi connectivity index (χ4n) is 2.99. The summed E-state index contributed by atoms with van der Waals surface area (Å²) in [7, 11) is 1.30. The number of amides is 2. The van der Waals surface area contributed by atoms with Crippen molar-refractivity contribution in [2.45, 2.75) is 33.2 Å². The number of benzene rings is 1. The quantitative estimate of drug-likeness (QED) is 0.600. The van der Waals surface area contributed by atoms with Gasteiger partial charge in [0.15, 0.2) is 10.8 Å². The van der Waals surface area contributed by atoms with E-state index in [4.69, 9.17) is 4.74 Å². The lowest BCUT2D eigenvalue weighted by atomic mass is 10.1. The van der Waals surface area contributed by atoms with Gasteiger partial charge in [-0.2, -0.15) is 0 Å². The molecule has 0 aliphatic rings. The van der Waals surface area contributed by atoms with Crippen LogP contribution in [0.2, 0.25) is 0 Å². The molecule has 9 heteroatoms. The van der Waals surface area contributed by atoms with Gasteiger partial charge in [0.2, 0.25) is 11.8 Å². The highest BCUT2D eigenvalue weighted by Gasteiger charge is 2.22. The highest BCUT2D eigenvalue weighted by Crippen LogP contribution is 2.30. The predicted octanol–water partition coefficient (Wildman–Crippen LogP) is 3.60. The molecule has 0 spiro atoms. The fourth-order valence-corrected chi connectivity index (χ4v) is 3.96. The normalized spacial score (nSPS) is 10.9. The molecule has 0 saturated heterocycles. The maximum absolute atomic E-state index is 12.6. The molecule has 0 bridgehead atoms. The Morgan fingerprint density at radius 2 is 1.97 bits per heavy atom. The molecule has 29 heavy (non-hydrogen) atoms. The molecule has 0 aliphatic carbocycles. The number of carbonyl (C=O) groups is 3. The van der Waals surface area contributed by atoms with Crippen molar-refractivity contribution in [2.24, 2.45) is 0 Å². The zero-order valence-electron chi connectivity index (χ0n) is 16.6. The monoisotopic (exact) mass is 414 g/mol. The molecule has 0 fully saturated rings. The Bertz CT molecular complexity index is 1080. The van der Waals surface area contributed by atoms with Gasteiger partial charge in [-0.3, -0.25) is 9.59 Å². The molecule has 0 atom stereocenters. The van der Waals surface area contributed by atoms with E-state index in [0.717, 1.165) is 15.8 Å². The Hall–Kier alpha value is -3.20. The van der Waals surface area contributed by atoms with Crippen molar-refractivity contribution in [3.05, 3.63) is 41.0 Å². The Morgan fingerprint density at radius 1 is 1.21 bits per heavy atom. The summed E-state index contributed by atoms with van der Waals surface area (Å²) in [6.07, 6.45) is 1.79. The summed E-state index contributed by atoms with van der Waals surface area (Å²) in [6.45, 7) is 5.41. The minimum atomic E-state index is -0.521. The van der Waals surface area contributed by atoms with Gasteiger partial charge in [-0.1, -0.05) is 19.9 Å². The van der Waals surface area contributed by atoms with Crippen LogP contribution in [0, 0.1) is 0 Å². The maximum atomic E-state index is 12.6. The lowest BCUT2D eigenvalue weighted by molar-refractivity contribution is -0.116. The third-order valence-electron chi connectivity index (χ3n) is 4.24. The van der Waals surface area contributed by atoms with Crippen molar-refractivity contribution in [3.8, 4) is 0 Å². The molecule has 0 radical (unpaired) electrons. The summed E-state index contributed by atoms with van der Waals surface area (Å²) in [5.74, 6) is -0.873. The number of aromatic nitrogens is 2. The summed E-state index contributed by atoms with van der Waals surface area (Å²) in [6, 6.07) is 7.36. The second-order valence-electron chi connectivity index (χ2n) is 6.79. The third-order valence-corrected chi connectivity index (χ3v) is 5.51. The van der Waals surface area contributed by atoms with Gasteiger partial charge in [-0.15, -0.1) is 11.3 Å². The van der Waals surface area contributed by atoms with E-state index in [-0.39, 0.29) is 30.0 Å². The van der Waals surface area contributed by atoms with Crippen LogP contribution in [0.15, 0.2) is 30.5 Å². The van der Waals surface area contributed by atoms with Crippen molar-refractivity contribution in [1.82, 2.24) is 9.55 Å². The molecular formula is C20H22N4O4S. The largest absolute Gasteiger partial charge is 0.464 e. The van der Waals surface area contributed by atoms with E-state index < -0.39 is 5.97 Å². The molecule has 0 unspecified atom stereocenters. The molecule has 3 aromatic rings. The van der Waals surface area contributed by atoms with Gasteiger partial charge in [-0.25, -0.2) is 9.78 Å². The van der Waals surface area contributed by atoms with Gasteiger partial charge in [0.05, 0.1) is 18.3 Å². The van der Waals surface area contributed by atoms with Gasteiger partial charge >= 0.3 is 5.97 Å². The first-order valence-corrected chi connectivity index (χ1v) is 9.86. The average molecular weight is 414 g/mol. The SMILES string of the molecule is COC(=O)c1nc(NC(=O)Cn2ccc3c(NC(C)=O)cccc32)sc1C(C)C. The van der Waals surface area contributed by atoms with Crippen LogP contribution < -0.4 is 10.6 Å². The first-order valence-electron chi connectivity index (χ1n) is 9.04. The maximum Gasteiger partial charge on any atom is 0.357 e. The molecule has 2 N–H and O–H groups in total. The summed E-state index contributed by atoms with van der Waals surface area (Å²) in [5, 5.41) is 6.74. The molecule has 2 heterocycles. The Labute approximate surface area is 171 Å². The van der Waals surface area contributed by atoms with Crippen molar-refractivity contribution >= 4 is 50.8 Å². The summed E-state index contributed by atoms with van der Waals surface area (Å²) < 4.78 is 6.56. The van der Waals surface area contributed by atoms with E-state index in [0.29, 0.717) is 10.8 Å². The molecule has 1 aromatic carbocycles. The van der Waals surface area contributed by atoms with Crippen molar-refractivity contribution in [1.29, 1.82) is 0 Å². The zero-order chi connectivity index (χ0) is 21.1. The van der Waals surface area contributed by atoms with Crippen LogP contribution in [0.3, 0.4) is 0 Å². The Kier molecular flexibility index (Phi) is 5.97. The lowest BCUT2D eigenvalue weighted by Gasteiger charge is -2.07. The number of hydrogen-bond acceptors (Lipinski definition) is 6. The summed E-state index contributed by atoms with van der Waals surface area (Å²) in [4.78, 5) is 40.9. The van der Waals surface area contributed by atoms with Crippen molar-refractivity contribution in [3.63, 3.8) is 0 Å². The van der Waals surface area contributed by atoms with Crippen LogP contribution in [-0.4, -0.2) is 34.4 Å². The van der Waals surface area contributed by atoms with E-state index in [9.17, 15) is 14.4 Å². The van der Waals surface area contributed by atoms with E-state index in [1.165, 1.54) is 25.4 Å². The molecule has 2 aromatic heterocycles. The standard InChI is InChI=1S/C20H22N4O4S/c1-11(2)18-17(19(27)28-4)23-20(29-18)22-16(26)10-24-9-8-13-14(21-12(3)25)6-5-7-15(13)24/h5-9,11H,10H2,1-4H3,(H,21,25)(H,22,23,26). The van der Waals surface area contributed by atoms with E-state index in [2.05, 4.69) is 15.6 Å². The first kappa shape index (κ1) is 20.5. The van der Waals surface area contributed by atoms with Gasteiger partial charge in [-0.05, 0) is 24.1 Å². The second kappa shape index (κ2) is 8.44. The number of ether oxygens (including phenoxy) is 1. The van der Waals surface area contributed by atoms with Crippen LogP contribution in [0.1, 0.15) is 42.1 Å². The fraction of sp³-hybridized carbons (Fsp3) is 0.300. The smallest absolute Gasteiger partial charge is 0.357 e. The molecule has 3 rings (SSSR count). The molecule has 0 saturated carbocycles. The molecule has 152 valence electrons. The number of thiazole rings is 1.